The third-order valence-electron chi connectivity index (χ3n) is 3.25. The van der Waals surface area contributed by atoms with Crippen LogP contribution in [0.4, 0.5) is 0 Å². The second-order valence-corrected chi connectivity index (χ2v) is 5.18. The Balaban J connectivity index is 3.34. The molecule has 0 unspecified atom stereocenters. The molecule has 0 rings (SSSR count). The molecular formula is C13H27Cl. The third-order valence-corrected chi connectivity index (χ3v) is 3.97. The molecule has 0 atom stereocenters. The summed E-state index contributed by atoms with van der Waals surface area (Å²) < 4.78 is 0. The van der Waals surface area contributed by atoms with Crippen molar-refractivity contribution in [2.24, 2.45) is 0 Å². The van der Waals surface area contributed by atoms with Crippen molar-refractivity contribution in [3.63, 3.8) is 0 Å². The van der Waals surface area contributed by atoms with Gasteiger partial charge in [-0.15, -0.1) is 11.6 Å². The Hall–Kier alpha value is 0.290. The minimum absolute atomic E-state index is 0.102. The van der Waals surface area contributed by atoms with Crippen LogP contribution in [0.15, 0.2) is 0 Å². The van der Waals surface area contributed by atoms with Gasteiger partial charge in [-0.05, 0) is 19.3 Å². The topological polar surface area (TPSA) is 0 Å². The fourth-order valence-corrected chi connectivity index (χ4v) is 1.96. The number of halogens is 1. The molecule has 1 heteroatoms. The maximum absolute atomic E-state index is 6.45. The second kappa shape index (κ2) is 8.59. The van der Waals surface area contributed by atoms with Crippen LogP contribution in [0, 0.1) is 0 Å². The summed E-state index contributed by atoms with van der Waals surface area (Å²) in [6.07, 6.45) is 11.6. The van der Waals surface area contributed by atoms with E-state index in [1.54, 1.807) is 0 Å². The highest BCUT2D eigenvalue weighted by atomic mass is 35.5. The first-order valence-electron chi connectivity index (χ1n) is 6.37. The van der Waals surface area contributed by atoms with E-state index in [-0.39, 0.29) is 4.87 Å². The van der Waals surface area contributed by atoms with Gasteiger partial charge in [0.15, 0.2) is 0 Å². The van der Waals surface area contributed by atoms with Gasteiger partial charge in [0, 0.05) is 4.87 Å². The Morgan fingerprint density at radius 2 is 1.29 bits per heavy atom. The molecule has 0 aliphatic carbocycles. The van der Waals surface area contributed by atoms with Crippen LogP contribution in [-0.4, -0.2) is 4.87 Å². The highest BCUT2D eigenvalue weighted by molar-refractivity contribution is 6.23. The Morgan fingerprint density at radius 3 is 1.79 bits per heavy atom. The van der Waals surface area contributed by atoms with Gasteiger partial charge in [-0.3, -0.25) is 0 Å². The van der Waals surface area contributed by atoms with E-state index in [1.807, 2.05) is 0 Å². The molecule has 0 aromatic carbocycles. The predicted molar refractivity (Wildman–Crippen MR) is 67.2 cm³/mol. The molecule has 0 aliphatic rings. The van der Waals surface area contributed by atoms with Gasteiger partial charge in [-0.1, -0.05) is 59.3 Å². The number of unbranched alkanes of at least 4 members (excludes halogenated alkanes) is 5. The van der Waals surface area contributed by atoms with Crippen LogP contribution in [0.2, 0.25) is 0 Å². The first-order valence-corrected chi connectivity index (χ1v) is 6.75. The summed E-state index contributed by atoms with van der Waals surface area (Å²) in [5.74, 6) is 0. The molecule has 0 spiro atoms. The Kier molecular flexibility index (Phi) is 8.76. The Morgan fingerprint density at radius 1 is 0.786 bits per heavy atom. The van der Waals surface area contributed by atoms with Gasteiger partial charge in [0.05, 0.1) is 0 Å². The number of rotatable bonds is 9. The Labute approximate surface area is 95.4 Å². The van der Waals surface area contributed by atoms with Crippen molar-refractivity contribution >= 4 is 11.6 Å². The van der Waals surface area contributed by atoms with Crippen LogP contribution in [0.5, 0.6) is 0 Å². The lowest BCUT2D eigenvalue weighted by atomic mass is 9.94. The van der Waals surface area contributed by atoms with Crippen molar-refractivity contribution in [1.29, 1.82) is 0 Å². The minimum Gasteiger partial charge on any atom is -0.119 e. The lowest BCUT2D eigenvalue weighted by molar-refractivity contribution is 0.460. The van der Waals surface area contributed by atoms with E-state index < -0.39 is 0 Å². The summed E-state index contributed by atoms with van der Waals surface area (Å²) >= 11 is 6.45. The summed E-state index contributed by atoms with van der Waals surface area (Å²) in [5, 5.41) is 0. The van der Waals surface area contributed by atoms with Crippen LogP contribution >= 0.6 is 11.6 Å². The van der Waals surface area contributed by atoms with E-state index in [2.05, 4.69) is 20.8 Å². The van der Waals surface area contributed by atoms with Crippen molar-refractivity contribution in [1.82, 2.24) is 0 Å². The zero-order valence-corrected chi connectivity index (χ0v) is 11.0. The summed E-state index contributed by atoms with van der Waals surface area (Å²) in [4.78, 5) is 0.102. The van der Waals surface area contributed by atoms with E-state index >= 15 is 0 Å². The standard InChI is InChI=1S/C13H27Cl/c1-4-7-8-9-10-11-12-13(14,5-2)6-3/h4-12H2,1-3H3. The monoisotopic (exact) mass is 218 g/mol. The normalized spacial score (nSPS) is 12.0. The van der Waals surface area contributed by atoms with Gasteiger partial charge in [0.1, 0.15) is 0 Å². The van der Waals surface area contributed by atoms with Crippen LogP contribution in [0.25, 0.3) is 0 Å². The van der Waals surface area contributed by atoms with Crippen molar-refractivity contribution in [3.05, 3.63) is 0 Å². The molecule has 0 amide bonds. The van der Waals surface area contributed by atoms with E-state index in [4.69, 9.17) is 11.6 Å². The van der Waals surface area contributed by atoms with Gasteiger partial charge in [0.2, 0.25) is 0 Å². The molecule has 0 bridgehead atoms. The molecule has 0 N–H and O–H groups in total. The van der Waals surface area contributed by atoms with Crippen molar-refractivity contribution in [3.8, 4) is 0 Å². The molecule has 0 aromatic rings. The summed E-state index contributed by atoms with van der Waals surface area (Å²) in [5.41, 5.74) is 0. The van der Waals surface area contributed by atoms with Crippen LogP contribution < -0.4 is 0 Å². The fourth-order valence-electron chi connectivity index (χ4n) is 1.83. The molecule has 14 heavy (non-hydrogen) atoms. The smallest absolute Gasteiger partial charge is 0.0441 e. The fraction of sp³-hybridized carbons (Fsp3) is 1.00. The predicted octanol–water partition coefficient (Wildman–Crippen LogP) is 5.53. The quantitative estimate of drug-likeness (QED) is 0.352. The minimum atomic E-state index is 0.102. The Bertz CT molecular complexity index is 116. The summed E-state index contributed by atoms with van der Waals surface area (Å²) in [7, 11) is 0. The molecule has 0 fully saturated rings. The zero-order valence-electron chi connectivity index (χ0n) is 10.2. The lowest BCUT2D eigenvalue weighted by Gasteiger charge is -2.23. The van der Waals surface area contributed by atoms with Gasteiger partial charge >= 0.3 is 0 Å². The molecule has 86 valence electrons. The second-order valence-electron chi connectivity index (χ2n) is 4.38. The molecule has 0 aromatic heterocycles. The molecule has 0 nitrogen and oxygen atoms in total. The summed E-state index contributed by atoms with van der Waals surface area (Å²) in [6.45, 7) is 6.67. The third kappa shape index (κ3) is 6.70. The first-order chi connectivity index (χ1) is 6.68. The average Bonchev–Trinajstić information content (AvgIpc) is 2.23. The molecule has 0 radical (unpaired) electrons. The molecule has 0 aliphatic heterocycles. The molecule has 0 saturated heterocycles. The maximum atomic E-state index is 6.45. The van der Waals surface area contributed by atoms with Gasteiger partial charge in [0.25, 0.3) is 0 Å². The van der Waals surface area contributed by atoms with Gasteiger partial charge < -0.3 is 0 Å². The van der Waals surface area contributed by atoms with E-state index in [0.717, 1.165) is 12.8 Å². The maximum Gasteiger partial charge on any atom is 0.0441 e. The van der Waals surface area contributed by atoms with Crippen LogP contribution in [0.1, 0.15) is 78.6 Å². The van der Waals surface area contributed by atoms with Crippen molar-refractivity contribution in [2.45, 2.75) is 83.4 Å². The number of hydrogen-bond acceptors (Lipinski definition) is 0. The molecule has 0 saturated carbocycles. The summed E-state index contributed by atoms with van der Waals surface area (Å²) in [6, 6.07) is 0. The van der Waals surface area contributed by atoms with Gasteiger partial charge in [-0.2, -0.15) is 0 Å². The highest BCUT2D eigenvalue weighted by Crippen LogP contribution is 2.30. The van der Waals surface area contributed by atoms with Crippen LogP contribution in [-0.2, 0) is 0 Å². The van der Waals surface area contributed by atoms with E-state index in [9.17, 15) is 0 Å². The van der Waals surface area contributed by atoms with Crippen molar-refractivity contribution < 1.29 is 0 Å². The SMILES string of the molecule is CCCCCCCCC(Cl)(CC)CC. The first kappa shape index (κ1) is 14.3. The average molecular weight is 219 g/mol. The number of hydrogen-bond donors (Lipinski definition) is 0. The largest absolute Gasteiger partial charge is 0.119 e. The van der Waals surface area contributed by atoms with Crippen molar-refractivity contribution in [2.75, 3.05) is 0 Å². The number of alkyl halides is 1. The van der Waals surface area contributed by atoms with Gasteiger partial charge in [-0.25, -0.2) is 0 Å². The van der Waals surface area contributed by atoms with E-state index in [0.29, 0.717) is 0 Å². The van der Waals surface area contributed by atoms with Crippen LogP contribution in [0.3, 0.4) is 0 Å². The zero-order chi connectivity index (χ0) is 10.9. The van der Waals surface area contributed by atoms with E-state index in [1.165, 1.54) is 44.9 Å². The highest BCUT2D eigenvalue weighted by Gasteiger charge is 2.21. The molecule has 0 heterocycles. The molecular weight excluding hydrogens is 192 g/mol. The lowest BCUT2D eigenvalue weighted by Crippen LogP contribution is -2.18.